The summed E-state index contributed by atoms with van der Waals surface area (Å²) >= 11 is 0. The molecule has 0 spiro atoms. The summed E-state index contributed by atoms with van der Waals surface area (Å²) in [6.07, 6.45) is 4.72. The molecule has 0 saturated heterocycles. The minimum absolute atomic E-state index is 0.0229. The van der Waals surface area contributed by atoms with Crippen molar-refractivity contribution in [3.05, 3.63) is 63.1 Å². The van der Waals surface area contributed by atoms with Crippen molar-refractivity contribution in [1.82, 2.24) is 15.2 Å². The van der Waals surface area contributed by atoms with Crippen LogP contribution in [0.25, 0.3) is 0 Å². The second-order valence-electron chi connectivity index (χ2n) is 7.34. The van der Waals surface area contributed by atoms with Gasteiger partial charge in [0, 0.05) is 44.4 Å². The Hall–Kier alpha value is -3.26. The van der Waals surface area contributed by atoms with Gasteiger partial charge in [-0.05, 0) is 29.7 Å². The molecule has 1 aromatic heterocycles. The number of hydrogen-bond donors (Lipinski definition) is 3. The predicted molar refractivity (Wildman–Crippen MR) is 108 cm³/mol. The van der Waals surface area contributed by atoms with E-state index in [1.807, 2.05) is 24.4 Å². The van der Waals surface area contributed by atoms with Crippen molar-refractivity contribution in [3.8, 4) is 0 Å². The van der Waals surface area contributed by atoms with Gasteiger partial charge in [-0.3, -0.25) is 19.4 Å². The van der Waals surface area contributed by atoms with Crippen LogP contribution in [0.3, 0.4) is 0 Å². The number of amides is 2. The molecule has 1 aliphatic heterocycles. The Labute approximate surface area is 167 Å². The molecule has 2 heterocycles. The van der Waals surface area contributed by atoms with Gasteiger partial charge in [-0.25, -0.2) is 0 Å². The van der Waals surface area contributed by atoms with Crippen LogP contribution in [-0.4, -0.2) is 47.4 Å². The third kappa shape index (κ3) is 3.71. The first-order valence-corrected chi connectivity index (χ1v) is 9.53. The lowest BCUT2D eigenvalue weighted by molar-refractivity contribution is 0.0946. The van der Waals surface area contributed by atoms with Crippen LogP contribution in [0.1, 0.15) is 38.3 Å². The highest BCUT2D eigenvalue weighted by molar-refractivity contribution is 5.99. The average Bonchev–Trinajstić information content (AvgIpc) is 3.29. The van der Waals surface area contributed by atoms with E-state index in [0.717, 1.165) is 23.2 Å². The fourth-order valence-electron chi connectivity index (χ4n) is 3.60. The summed E-state index contributed by atoms with van der Waals surface area (Å²) in [6, 6.07) is 6.95. The molecule has 1 fully saturated rings. The predicted octanol–water partition coefficient (Wildman–Crippen LogP) is 0.625. The average molecular weight is 394 g/mol. The number of carbonyl (C=O) groups excluding carboxylic acids is 2. The SMILES string of the molecule is CNC(=O)c1cc(C(=O)N[C@H]2C[C@@H]2CO)cn(Cc2cccc3c2CC=N3)c1=O. The van der Waals surface area contributed by atoms with E-state index in [9.17, 15) is 19.5 Å². The second kappa shape index (κ2) is 7.63. The highest BCUT2D eigenvalue weighted by Crippen LogP contribution is 2.30. The number of pyridine rings is 1. The molecule has 8 heteroatoms. The molecule has 0 radical (unpaired) electrons. The molecule has 0 bridgehead atoms. The smallest absolute Gasteiger partial charge is 0.263 e. The molecule has 1 aliphatic carbocycles. The van der Waals surface area contributed by atoms with Gasteiger partial charge in [-0.2, -0.15) is 0 Å². The number of aliphatic hydroxyl groups excluding tert-OH is 1. The Morgan fingerprint density at radius 3 is 2.86 bits per heavy atom. The number of aliphatic imine (C=N–C) groups is 1. The normalized spacial score (nSPS) is 19.0. The molecule has 2 aromatic rings. The minimum Gasteiger partial charge on any atom is -0.396 e. The number of nitrogens with one attached hydrogen (secondary N) is 2. The molecular weight excluding hydrogens is 372 g/mol. The van der Waals surface area contributed by atoms with Crippen LogP contribution in [0.2, 0.25) is 0 Å². The maximum atomic E-state index is 12.9. The Bertz CT molecular complexity index is 1070. The van der Waals surface area contributed by atoms with Gasteiger partial charge in [0.1, 0.15) is 5.56 Å². The number of aliphatic hydroxyl groups is 1. The van der Waals surface area contributed by atoms with Crippen molar-refractivity contribution in [2.45, 2.75) is 25.4 Å². The van der Waals surface area contributed by atoms with Crippen molar-refractivity contribution in [3.63, 3.8) is 0 Å². The van der Waals surface area contributed by atoms with Gasteiger partial charge in [0.05, 0.1) is 17.8 Å². The number of rotatable bonds is 6. The van der Waals surface area contributed by atoms with E-state index in [-0.39, 0.29) is 42.1 Å². The molecule has 150 valence electrons. The molecule has 2 aliphatic rings. The van der Waals surface area contributed by atoms with Crippen LogP contribution in [0.15, 0.2) is 40.2 Å². The fourth-order valence-corrected chi connectivity index (χ4v) is 3.60. The number of fused-ring (bicyclic) bond motifs is 1. The standard InChI is InChI=1S/C21H22N4O4/c1-22-20(28)16-7-13(19(27)24-18-8-14(18)11-26)10-25(21(16)29)9-12-3-2-4-17-15(12)5-6-23-17/h2-4,6-7,10,14,18,26H,5,8-9,11H2,1H3,(H,22,28)(H,24,27)/t14-,18+/m1/s1. The number of aromatic nitrogens is 1. The largest absolute Gasteiger partial charge is 0.396 e. The monoisotopic (exact) mass is 394 g/mol. The third-order valence-corrected chi connectivity index (χ3v) is 5.41. The van der Waals surface area contributed by atoms with Crippen molar-refractivity contribution in [2.24, 2.45) is 10.9 Å². The van der Waals surface area contributed by atoms with Crippen molar-refractivity contribution < 1.29 is 14.7 Å². The molecule has 2 atom stereocenters. The van der Waals surface area contributed by atoms with E-state index in [0.29, 0.717) is 6.42 Å². The molecule has 1 saturated carbocycles. The Kier molecular flexibility index (Phi) is 5.02. The Morgan fingerprint density at radius 1 is 1.31 bits per heavy atom. The summed E-state index contributed by atoms with van der Waals surface area (Å²) in [7, 11) is 1.44. The number of hydrogen-bond acceptors (Lipinski definition) is 5. The van der Waals surface area contributed by atoms with Crippen LogP contribution >= 0.6 is 0 Å². The first kappa shape index (κ1) is 19.1. The zero-order valence-corrected chi connectivity index (χ0v) is 16.0. The van der Waals surface area contributed by atoms with E-state index in [2.05, 4.69) is 15.6 Å². The molecular formula is C21H22N4O4. The Balaban J connectivity index is 1.69. The van der Waals surface area contributed by atoms with Crippen molar-refractivity contribution in [1.29, 1.82) is 0 Å². The van der Waals surface area contributed by atoms with Crippen LogP contribution in [0, 0.1) is 5.92 Å². The summed E-state index contributed by atoms with van der Waals surface area (Å²) in [5.74, 6) is -0.846. The van der Waals surface area contributed by atoms with Gasteiger partial charge in [0.15, 0.2) is 0 Å². The lowest BCUT2D eigenvalue weighted by Crippen LogP contribution is -2.34. The van der Waals surface area contributed by atoms with Gasteiger partial charge < -0.3 is 20.3 Å². The second-order valence-corrected chi connectivity index (χ2v) is 7.34. The summed E-state index contributed by atoms with van der Waals surface area (Å²) in [5, 5.41) is 14.5. The highest BCUT2D eigenvalue weighted by atomic mass is 16.3. The summed E-state index contributed by atoms with van der Waals surface area (Å²) in [4.78, 5) is 42.1. The maximum Gasteiger partial charge on any atom is 0.263 e. The molecule has 2 amide bonds. The van der Waals surface area contributed by atoms with Crippen molar-refractivity contribution >= 4 is 23.7 Å². The molecule has 4 rings (SSSR count). The molecule has 8 nitrogen and oxygen atoms in total. The lowest BCUT2D eigenvalue weighted by atomic mass is 10.0. The fraction of sp³-hybridized carbons (Fsp3) is 0.333. The van der Waals surface area contributed by atoms with E-state index >= 15 is 0 Å². The summed E-state index contributed by atoms with van der Waals surface area (Å²) in [6.45, 7) is 0.258. The van der Waals surface area contributed by atoms with Crippen LogP contribution in [0.5, 0.6) is 0 Å². The highest BCUT2D eigenvalue weighted by Gasteiger charge is 2.37. The first-order chi connectivity index (χ1) is 14.0. The molecule has 29 heavy (non-hydrogen) atoms. The van der Waals surface area contributed by atoms with Gasteiger partial charge in [0.25, 0.3) is 17.4 Å². The lowest BCUT2D eigenvalue weighted by Gasteiger charge is -2.14. The summed E-state index contributed by atoms with van der Waals surface area (Å²) in [5.41, 5.74) is 2.52. The first-order valence-electron chi connectivity index (χ1n) is 9.53. The van der Waals surface area contributed by atoms with Gasteiger partial charge in [-0.1, -0.05) is 12.1 Å². The molecule has 0 unspecified atom stereocenters. The van der Waals surface area contributed by atoms with E-state index < -0.39 is 11.5 Å². The number of carbonyl (C=O) groups is 2. The van der Waals surface area contributed by atoms with Gasteiger partial charge in [0.2, 0.25) is 0 Å². The zero-order chi connectivity index (χ0) is 20.5. The summed E-state index contributed by atoms with van der Waals surface area (Å²) < 4.78 is 1.39. The van der Waals surface area contributed by atoms with Crippen LogP contribution < -0.4 is 16.2 Å². The molecule has 3 N–H and O–H groups in total. The van der Waals surface area contributed by atoms with Gasteiger partial charge >= 0.3 is 0 Å². The molecule has 1 aromatic carbocycles. The Morgan fingerprint density at radius 2 is 2.14 bits per heavy atom. The maximum absolute atomic E-state index is 12.9. The van der Waals surface area contributed by atoms with Crippen LogP contribution in [0.4, 0.5) is 5.69 Å². The quantitative estimate of drug-likeness (QED) is 0.667. The third-order valence-electron chi connectivity index (χ3n) is 5.41. The topological polar surface area (TPSA) is 113 Å². The van der Waals surface area contributed by atoms with Gasteiger partial charge in [-0.15, -0.1) is 0 Å². The van der Waals surface area contributed by atoms with E-state index in [4.69, 9.17) is 0 Å². The van der Waals surface area contributed by atoms with E-state index in [1.54, 1.807) is 0 Å². The number of benzene rings is 1. The number of nitrogens with zero attached hydrogens (tertiary/aromatic N) is 2. The van der Waals surface area contributed by atoms with E-state index in [1.165, 1.54) is 23.9 Å². The van der Waals surface area contributed by atoms with Crippen LogP contribution in [-0.2, 0) is 13.0 Å². The minimum atomic E-state index is -0.542. The zero-order valence-electron chi connectivity index (χ0n) is 16.0. The van der Waals surface area contributed by atoms with Crippen molar-refractivity contribution in [2.75, 3.05) is 13.7 Å².